The van der Waals surface area contributed by atoms with Crippen LogP contribution in [0, 0.1) is 0 Å². The van der Waals surface area contributed by atoms with Crippen LogP contribution in [0.3, 0.4) is 0 Å². The van der Waals surface area contributed by atoms with Gasteiger partial charge in [0.1, 0.15) is 5.75 Å². The Hall–Kier alpha value is -0.590. The van der Waals surface area contributed by atoms with Gasteiger partial charge in [0.2, 0.25) is 0 Å². The zero-order valence-corrected chi connectivity index (χ0v) is 14.8. The molecule has 0 fully saturated rings. The summed E-state index contributed by atoms with van der Waals surface area (Å²) in [5.74, 6) is 0.653. The molecule has 0 saturated heterocycles. The van der Waals surface area contributed by atoms with Gasteiger partial charge in [-0.1, -0.05) is 15.9 Å². The summed E-state index contributed by atoms with van der Waals surface area (Å²) in [7, 11) is 0. The Kier molecular flexibility index (Phi) is 8.18. The maximum absolute atomic E-state index is 11.2. The number of ether oxygens (including phenoxy) is 2. The van der Waals surface area contributed by atoms with Crippen LogP contribution < -0.4 is 10.1 Å². The average Bonchev–Trinajstić information content (AvgIpc) is 2.38. The standard InChI is InChI=1S/C14H19Br2NO3/c1-3-19-13(18)5-6-17-9-10-7-11(15)8-12(16)14(10)20-4-2/h7-8,17H,3-6,9H2,1-2H3. The normalized spacial score (nSPS) is 10.4. The highest BCUT2D eigenvalue weighted by Gasteiger charge is 2.10. The molecule has 112 valence electrons. The molecule has 0 amide bonds. The molecule has 1 rings (SSSR count). The molecule has 20 heavy (non-hydrogen) atoms. The topological polar surface area (TPSA) is 47.6 Å². The Bertz CT molecular complexity index is 452. The average molecular weight is 409 g/mol. The number of benzene rings is 1. The molecule has 0 atom stereocenters. The highest BCUT2D eigenvalue weighted by atomic mass is 79.9. The number of carbonyl (C=O) groups is 1. The molecule has 0 saturated carbocycles. The minimum absolute atomic E-state index is 0.180. The summed E-state index contributed by atoms with van der Waals surface area (Å²) in [6.07, 6.45) is 0.368. The molecule has 0 bridgehead atoms. The summed E-state index contributed by atoms with van der Waals surface area (Å²) in [6, 6.07) is 3.96. The van der Waals surface area contributed by atoms with Crippen molar-refractivity contribution in [3.05, 3.63) is 26.6 Å². The molecule has 0 aliphatic heterocycles. The van der Waals surface area contributed by atoms with E-state index in [0.717, 1.165) is 20.3 Å². The third kappa shape index (κ3) is 5.81. The summed E-state index contributed by atoms with van der Waals surface area (Å²) < 4.78 is 12.4. The second-order valence-corrected chi connectivity index (χ2v) is 5.81. The maximum atomic E-state index is 11.2. The predicted octanol–water partition coefficient (Wildman–Crippen LogP) is 3.65. The van der Waals surface area contributed by atoms with Crippen molar-refractivity contribution in [2.45, 2.75) is 26.8 Å². The maximum Gasteiger partial charge on any atom is 0.307 e. The highest BCUT2D eigenvalue weighted by Crippen LogP contribution is 2.32. The first kappa shape index (κ1) is 17.5. The van der Waals surface area contributed by atoms with Crippen molar-refractivity contribution in [3.63, 3.8) is 0 Å². The van der Waals surface area contributed by atoms with E-state index < -0.39 is 0 Å². The Morgan fingerprint density at radius 3 is 2.65 bits per heavy atom. The van der Waals surface area contributed by atoms with Crippen molar-refractivity contribution in [2.75, 3.05) is 19.8 Å². The molecule has 0 radical (unpaired) electrons. The summed E-state index contributed by atoms with van der Waals surface area (Å²) in [6.45, 7) is 5.99. The monoisotopic (exact) mass is 407 g/mol. The SMILES string of the molecule is CCOC(=O)CCNCc1cc(Br)cc(Br)c1OCC. The molecular formula is C14H19Br2NO3. The third-order valence-electron chi connectivity index (χ3n) is 2.50. The van der Waals surface area contributed by atoms with Crippen molar-refractivity contribution in [1.82, 2.24) is 5.32 Å². The second kappa shape index (κ2) is 9.37. The van der Waals surface area contributed by atoms with E-state index in [9.17, 15) is 4.79 Å². The molecule has 0 aliphatic rings. The van der Waals surface area contributed by atoms with Crippen molar-refractivity contribution in [3.8, 4) is 5.75 Å². The predicted molar refractivity (Wildman–Crippen MR) is 86.0 cm³/mol. The smallest absolute Gasteiger partial charge is 0.307 e. The van der Waals surface area contributed by atoms with E-state index >= 15 is 0 Å². The van der Waals surface area contributed by atoms with Gasteiger partial charge in [0.15, 0.2) is 0 Å². The number of hydrogen-bond acceptors (Lipinski definition) is 4. The summed E-state index contributed by atoms with van der Waals surface area (Å²) in [5, 5.41) is 3.22. The van der Waals surface area contributed by atoms with E-state index in [-0.39, 0.29) is 5.97 Å². The van der Waals surface area contributed by atoms with Crippen molar-refractivity contribution in [1.29, 1.82) is 0 Å². The first-order valence-electron chi connectivity index (χ1n) is 6.55. The highest BCUT2D eigenvalue weighted by molar-refractivity contribution is 9.11. The summed E-state index contributed by atoms with van der Waals surface area (Å²) in [5.41, 5.74) is 1.04. The number of hydrogen-bond donors (Lipinski definition) is 1. The van der Waals surface area contributed by atoms with Crippen LogP contribution in [-0.4, -0.2) is 25.7 Å². The van der Waals surface area contributed by atoms with Crippen LogP contribution in [0.4, 0.5) is 0 Å². The molecule has 0 spiro atoms. The van der Waals surface area contributed by atoms with E-state index in [2.05, 4.69) is 37.2 Å². The fourth-order valence-electron chi connectivity index (χ4n) is 1.70. The van der Waals surface area contributed by atoms with Gasteiger partial charge in [0.25, 0.3) is 0 Å². The van der Waals surface area contributed by atoms with Crippen LogP contribution in [-0.2, 0) is 16.1 Å². The van der Waals surface area contributed by atoms with Crippen molar-refractivity contribution in [2.24, 2.45) is 0 Å². The molecule has 1 N–H and O–H groups in total. The zero-order valence-electron chi connectivity index (χ0n) is 11.7. The molecule has 0 aliphatic carbocycles. The summed E-state index contributed by atoms with van der Waals surface area (Å²) in [4.78, 5) is 11.2. The van der Waals surface area contributed by atoms with Crippen LogP contribution in [0.1, 0.15) is 25.8 Å². The number of rotatable bonds is 8. The lowest BCUT2D eigenvalue weighted by molar-refractivity contribution is -0.142. The number of nitrogens with one attached hydrogen (secondary N) is 1. The number of halogens is 2. The Morgan fingerprint density at radius 1 is 1.25 bits per heavy atom. The van der Waals surface area contributed by atoms with Gasteiger partial charge in [0, 0.05) is 23.1 Å². The Balaban J connectivity index is 2.56. The molecule has 1 aromatic rings. The minimum Gasteiger partial charge on any atom is -0.492 e. The molecule has 0 unspecified atom stereocenters. The fourth-order valence-corrected chi connectivity index (χ4v) is 3.13. The van der Waals surface area contributed by atoms with Gasteiger partial charge < -0.3 is 14.8 Å². The largest absolute Gasteiger partial charge is 0.492 e. The quantitative estimate of drug-likeness (QED) is 0.526. The van der Waals surface area contributed by atoms with E-state index in [1.165, 1.54) is 0 Å². The fraction of sp³-hybridized carbons (Fsp3) is 0.500. The lowest BCUT2D eigenvalue weighted by Crippen LogP contribution is -2.19. The first-order valence-corrected chi connectivity index (χ1v) is 8.14. The van der Waals surface area contributed by atoms with Crippen LogP contribution in [0.5, 0.6) is 5.75 Å². The summed E-state index contributed by atoms with van der Waals surface area (Å²) >= 11 is 6.96. The Labute approximate surface area is 136 Å². The number of esters is 1. The van der Waals surface area contributed by atoms with E-state index in [1.54, 1.807) is 6.92 Å². The van der Waals surface area contributed by atoms with E-state index in [4.69, 9.17) is 9.47 Å². The van der Waals surface area contributed by atoms with Crippen LogP contribution in [0.25, 0.3) is 0 Å². The van der Waals surface area contributed by atoms with E-state index in [1.807, 2.05) is 19.1 Å². The van der Waals surface area contributed by atoms with Crippen molar-refractivity contribution >= 4 is 37.8 Å². The van der Waals surface area contributed by atoms with Gasteiger partial charge in [-0.25, -0.2) is 0 Å². The number of carbonyl (C=O) groups excluding carboxylic acids is 1. The van der Waals surface area contributed by atoms with Gasteiger partial charge in [-0.2, -0.15) is 0 Å². The molecule has 6 heteroatoms. The van der Waals surface area contributed by atoms with Gasteiger partial charge >= 0.3 is 5.97 Å². The van der Waals surface area contributed by atoms with Crippen LogP contribution >= 0.6 is 31.9 Å². The molecular weight excluding hydrogens is 390 g/mol. The minimum atomic E-state index is -0.180. The second-order valence-electron chi connectivity index (χ2n) is 4.04. The van der Waals surface area contributed by atoms with Crippen molar-refractivity contribution < 1.29 is 14.3 Å². The molecule has 1 aromatic carbocycles. The Morgan fingerprint density at radius 2 is 2.00 bits per heavy atom. The first-order chi connectivity index (χ1) is 9.58. The van der Waals surface area contributed by atoms with E-state index in [0.29, 0.717) is 32.7 Å². The van der Waals surface area contributed by atoms with Crippen LogP contribution in [0.15, 0.2) is 21.1 Å². The molecule has 0 aromatic heterocycles. The van der Waals surface area contributed by atoms with Gasteiger partial charge in [0.05, 0.1) is 24.1 Å². The zero-order chi connectivity index (χ0) is 15.0. The third-order valence-corrected chi connectivity index (χ3v) is 3.55. The van der Waals surface area contributed by atoms with Crippen LogP contribution in [0.2, 0.25) is 0 Å². The van der Waals surface area contributed by atoms with Gasteiger partial charge in [-0.05, 0) is 41.9 Å². The van der Waals surface area contributed by atoms with Gasteiger partial charge in [-0.3, -0.25) is 4.79 Å². The lowest BCUT2D eigenvalue weighted by atomic mass is 10.2. The molecule has 0 heterocycles. The lowest BCUT2D eigenvalue weighted by Gasteiger charge is -2.13. The van der Waals surface area contributed by atoms with Gasteiger partial charge in [-0.15, -0.1) is 0 Å². The molecule has 4 nitrogen and oxygen atoms in total.